The summed E-state index contributed by atoms with van der Waals surface area (Å²) in [4.78, 5) is 19.6. The number of piperidine rings is 1. The SMILES string of the molecule is CC1CC(C)CN(C(c2ccccc2)C2Sc3ncnn3C2=O)C1. The van der Waals surface area contributed by atoms with Gasteiger partial charge in [-0.3, -0.25) is 9.69 Å². The molecule has 1 aromatic carbocycles. The van der Waals surface area contributed by atoms with Crippen LogP contribution in [0.1, 0.15) is 36.7 Å². The van der Waals surface area contributed by atoms with Crippen LogP contribution >= 0.6 is 11.8 Å². The molecule has 4 unspecified atom stereocenters. The van der Waals surface area contributed by atoms with Crippen LogP contribution in [0.15, 0.2) is 41.8 Å². The van der Waals surface area contributed by atoms with Crippen molar-refractivity contribution in [1.29, 1.82) is 0 Å². The minimum atomic E-state index is -0.180. The fourth-order valence-electron chi connectivity index (χ4n) is 4.11. The predicted molar refractivity (Wildman–Crippen MR) is 94.0 cm³/mol. The van der Waals surface area contributed by atoms with Crippen molar-refractivity contribution in [3.8, 4) is 0 Å². The molecule has 0 saturated carbocycles. The molecule has 2 aromatic rings. The smallest absolute Gasteiger partial charge is 0.264 e. The number of nitrogens with zero attached hydrogens (tertiary/aromatic N) is 4. The van der Waals surface area contributed by atoms with E-state index in [1.807, 2.05) is 6.07 Å². The summed E-state index contributed by atoms with van der Waals surface area (Å²) in [5.74, 6) is 1.35. The van der Waals surface area contributed by atoms with Gasteiger partial charge in [-0.25, -0.2) is 4.98 Å². The molecule has 1 aromatic heterocycles. The fraction of sp³-hybridized carbons (Fsp3) is 0.500. The van der Waals surface area contributed by atoms with E-state index < -0.39 is 0 Å². The largest absolute Gasteiger partial charge is 0.294 e. The number of hydrogen-bond donors (Lipinski definition) is 0. The predicted octanol–water partition coefficient (Wildman–Crippen LogP) is 3.11. The van der Waals surface area contributed by atoms with Crippen LogP contribution in [0, 0.1) is 11.8 Å². The first-order valence-corrected chi connectivity index (χ1v) is 9.41. The van der Waals surface area contributed by atoms with Crippen molar-refractivity contribution in [2.45, 2.75) is 36.7 Å². The van der Waals surface area contributed by atoms with Crippen LogP contribution in [0.3, 0.4) is 0 Å². The van der Waals surface area contributed by atoms with Gasteiger partial charge in [-0.15, -0.1) is 0 Å². The first-order chi connectivity index (χ1) is 11.6. The summed E-state index contributed by atoms with van der Waals surface area (Å²) in [5, 5.41) is 4.63. The lowest BCUT2D eigenvalue weighted by Crippen LogP contribution is -2.46. The molecule has 0 bridgehead atoms. The van der Waals surface area contributed by atoms with E-state index in [1.165, 1.54) is 23.0 Å². The number of fused-ring (bicyclic) bond motifs is 1. The molecular weight excluding hydrogens is 320 g/mol. The number of hydrogen-bond acceptors (Lipinski definition) is 5. The Morgan fingerprint density at radius 2 is 1.88 bits per heavy atom. The molecule has 5 nitrogen and oxygen atoms in total. The molecular formula is C18H22N4OS. The first kappa shape index (κ1) is 15.8. The van der Waals surface area contributed by atoms with Crippen LogP contribution in [-0.2, 0) is 0 Å². The zero-order chi connectivity index (χ0) is 16.7. The fourth-order valence-corrected chi connectivity index (χ4v) is 5.34. The Labute approximate surface area is 146 Å². The van der Waals surface area contributed by atoms with E-state index in [9.17, 15) is 4.79 Å². The average Bonchev–Trinajstić information content (AvgIpc) is 3.12. The Bertz CT molecular complexity index is 722. The van der Waals surface area contributed by atoms with Crippen LogP contribution in [-0.4, -0.2) is 43.9 Å². The first-order valence-electron chi connectivity index (χ1n) is 8.53. The molecule has 0 spiro atoms. The van der Waals surface area contributed by atoms with Crippen LogP contribution in [0.4, 0.5) is 0 Å². The molecule has 3 heterocycles. The second kappa shape index (κ2) is 6.33. The van der Waals surface area contributed by atoms with Gasteiger partial charge in [0.05, 0.1) is 6.04 Å². The molecule has 2 aliphatic rings. The maximum absolute atomic E-state index is 12.9. The van der Waals surface area contributed by atoms with Gasteiger partial charge in [0.2, 0.25) is 0 Å². The minimum absolute atomic E-state index is 0.0484. The summed E-state index contributed by atoms with van der Waals surface area (Å²) < 4.78 is 1.46. The molecule has 1 fully saturated rings. The number of thioether (sulfide) groups is 1. The van der Waals surface area contributed by atoms with Crippen LogP contribution in [0.5, 0.6) is 0 Å². The highest BCUT2D eigenvalue weighted by molar-refractivity contribution is 8.00. The van der Waals surface area contributed by atoms with Crippen molar-refractivity contribution in [2.24, 2.45) is 11.8 Å². The maximum atomic E-state index is 12.9. The molecule has 4 rings (SSSR count). The summed E-state index contributed by atoms with van der Waals surface area (Å²) in [6.45, 7) is 6.68. The number of carbonyl (C=O) groups is 1. The van der Waals surface area contributed by atoms with Gasteiger partial charge in [-0.2, -0.15) is 9.78 Å². The molecule has 126 valence electrons. The molecule has 4 atom stereocenters. The van der Waals surface area contributed by atoms with Gasteiger partial charge in [0.25, 0.3) is 5.91 Å². The van der Waals surface area contributed by atoms with Crippen LogP contribution in [0.25, 0.3) is 0 Å². The highest BCUT2D eigenvalue weighted by Gasteiger charge is 2.43. The highest BCUT2D eigenvalue weighted by atomic mass is 32.2. The van der Waals surface area contributed by atoms with Gasteiger partial charge >= 0.3 is 0 Å². The van der Waals surface area contributed by atoms with E-state index in [0.717, 1.165) is 13.1 Å². The number of aromatic nitrogens is 3. The van der Waals surface area contributed by atoms with E-state index in [2.05, 4.69) is 53.1 Å². The van der Waals surface area contributed by atoms with E-state index in [-0.39, 0.29) is 17.2 Å². The van der Waals surface area contributed by atoms with Crippen molar-refractivity contribution >= 4 is 17.7 Å². The molecule has 2 aliphatic heterocycles. The topological polar surface area (TPSA) is 51.0 Å². The Kier molecular flexibility index (Phi) is 4.18. The zero-order valence-electron chi connectivity index (χ0n) is 14.0. The van der Waals surface area contributed by atoms with Crippen LogP contribution < -0.4 is 0 Å². The summed E-state index contributed by atoms with van der Waals surface area (Å²) in [6.07, 6.45) is 2.71. The standard InChI is InChI=1S/C18H22N4OS/c1-12-8-13(2)10-21(9-12)15(14-6-4-3-5-7-14)16-17(23)22-18(24-16)19-11-20-22/h3-7,11-13,15-16H,8-10H2,1-2H3. The number of carbonyl (C=O) groups excluding carboxylic acids is 1. The van der Waals surface area contributed by atoms with Crippen molar-refractivity contribution in [3.05, 3.63) is 42.2 Å². The third kappa shape index (κ3) is 2.78. The number of rotatable bonds is 3. The summed E-state index contributed by atoms with van der Waals surface area (Å²) >= 11 is 1.55. The summed E-state index contributed by atoms with van der Waals surface area (Å²) in [6, 6.07) is 10.5. The quantitative estimate of drug-likeness (QED) is 0.858. The Morgan fingerprint density at radius 3 is 2.54 bits per heavy atom. The van der Waals surface area contributed by atoms with Gasteiger partial charge in [0.1, 0.15) is 11.6 Å². The van der Waals surface area contributed by atoms with Gasteiger partial charge in [-0.1, -0.05) is 55.9 Å². The second-order valence-electron chi connectivity index (χ2n) is 7.09. The monoisotopic (exact) mass is 342 g/mol. The van der Waals surface area contributed by atoms with E-state index in [4.69, 9.17) is 0 Å². The van der Waals surface area contributed by atoms with Gasteiger partial charge < -0.3 is 0 Å². The third-order valence-corrected chi connectivity index (χ3v) is 6.12. The molecule has 0 N–H and O–H groups in total. The molecule has 0 aliphatic carbocycles. The van der Waals surface area contributed by atoms with Gasteiger partial charge in [-0.05, 0) is 23.8 Å². The lowest BCUT2D eigenvalue weighted by molar-refractivity contribution is 0.0713. The second-order valence-corrected chi connectivity index (χ2v) is 8.20. The van der Waals surface area contributed by atoms with E-state index in [1.54, 1.807) is 11.8 Å². The molecule has 24 heavy (non-hydrogen) atoms. The maximum Gasteiger partial charge on any atom is 0.264 e. The number of likely N-dealkylation sites (tertiary alicyclic amines) is 1. The molecule has 0 amide bonds. The van der Waals surface area contributed by atoms with Crippen molar-refractivity contribution < 1.29 is 4.79 Å². The van der Waals surface area contributed by atoms with E-state index in [0.29, 0.717) is 17.0 Å². The Balaban J connectivity index is 1.69. The van der Waals surface area contributed by atoms with E-state index >= 15 is 0 Å². The van der Waals surface area contributed by atoms with Crippen LogP contribution in [0.2, 0.25) is 0 Å². The van der Waals surface area contributed by atoms with Crippen molar-refractivity contribution in [3.63, 3.8) is 0 Å². The van der Waals surface area contributed by atoms with Gasteiger partial charge in [0.15, 0.2) is 5.16 Å². The summed E-state index contributed by atoms with van der Waals surface area (Å²) in [5.41, 5.74) is 1.20. The number of benzene rings is 1. The minimum Gasteiger partial charge on any atom is -0.294 e. The molecule has 1 saturated heterocycles. The van der Waals surface area contributed by atoms with Crippen molar-refractivity contribution in [2.75, 3.05) is 13.1 Å². The lowest BCUT2D eigenvalue weighted by atomic mass is 9.89. The Morgan fingerprint density at radius 1 is 1.17 bits per heavy atom. The molecule has 6 heteroatoms. The highest BCUT2D eigenvalue weighted by Crippen LogP contribution is 2.42. The summed E-state index contributed by atoms with van der Waals surface area (Å²) in [7, 11) is 0. The van der Waals surface area contributed by atoms with Crippen molar-refractivity contribution in [1.82, 2.24) is 19.7 Å². The normalized spacial score (nSPS) is 28.8. The lowest BCUT2D eigenvalue weighted by Gasteiger charge is -2.41. The average molecular weight is 342 g/mol. The third-order valence-electron chi connectivity index (χ3n) is 4.92. The molecule has 0 radical (unpaired) electrons. The Hall–Kier alpha value is -1.66. The van der Waals surface area contributed by atoms with Gasteiger partial charge in [0, 0.05) is 13.1 Å². The zero-order valence-corrected chi connectivity index (χ0v) is 14.8.